The third kappa shape index (κ3) is 2.09. The molecule has 6 heteroatoms. The zero-order valence-corrected chi connectivity index (χ0v) is 9.37. The van der Waals surface area contributed by atoms with E-state index in [1.807, 2.05) is 11.8 Å². The standard InChI is InChI=1S/C9H13N3O2S/c1-2-14-8(13)7-4-3-5-12(7)9-11-10-6-15-9/h6-7H,2-5H2,1H3. The molecule has 1 saturated heterocycles. The van der Waals surface area contributed by atoms with Crippen molar-refractivity contribution in [3.63, 3.8) is 0 Å². The number of esters is 1. The first-order valence-corrected chi connectivity index (χ1v) is 5.90. The lowest BCUT2D eigenvalue weighted by Crippen LogP contribution is -2.37. The molecule has 1 aromatic rings. The minimum absolute atomic E-state index is 0.148. The second-order valence-electron chi connectivity index (χ2n) is 3.32. The molecule has 1 unspecified atom stereocenters. The summed E-state index contributed by atoms with van der Waals surface area (Å²) >= 11 is 1.46. The number of carbonyl (C=O) groups excluding carboxylic acids is 1. The second-order valence-corrected chi connectivity index (χ2v) is 4.14. The van der Waals surface area contributed by atoms with E-state index in [2.05, 4.69) is 10.2 Å². The van der Waals surface area contributed by atoms with Crippen LogP contribution in [0.3, 0.4) is 0 Å². The summed E-state index contributed by atoms with van der Waals surface area (Å²) in [5, 5.41) is 8.57. The Labute approximate surface area is 92.1 Å². The van der Waals surface area contributed by atoms with Gasteiger partial charge in [0.1, 0.15) is 11.6 Å². The summed E-state index contributed by atoms with van der Waals surface area (Å²) in [6, 6.07) is -0.169. The van der Waals surface area contributed by atoms with Crippen LogP contribution in [0.5, 0.6) is 0 Å². The number of carbonyl (C=O) groups is 1. The highest BCUT2D eigenvalue weighted by molar-refractivity contribution is 7.13. The molecular weight excluding hydrogens is 214 g/mol. The first kappa shape index (κ1) is 10.4. The summed E-state index contributed by atoms with van der Waals surface area (Å²) in [5.74, 6) is -0.148. The van der Waals surface area contributed by atoms with Crippen molar-refractivity contribution in [3.8, 4) is 0 Å². The van der Waals surface area contributed by atoms with Crippen LogP contribution in [0, 0.1) is 0 Å². The summed E-state index contributed by atoms with van der Waals surface area (Å²) < 4.78 is 5.03. The molecule has 5 nitrogen and oxygen atoms in total. The Bertz CT molecular complexity index is 328. The van der Waals surface area contributed by atoms with Gasteiger partial charge in [-0.05, 0) is 19.8 Å². The van der Waals surface area contributed by atoms with E-state index in [0.29, 0.717) is 6.61 Å². The maximum absolute atomic E-state index is 11.6. The number of anilines is 1. The molecule has 0 N–H and O–H groups in total. The number of hydrogen-bond donors (Lipinski definition) is 0. The Kier molecular flexibility index (Phi) is 3.15. The Morgan fingerprint density at radius 3 is 3.33 bits per heavy atom. The molecular formula is C9H13N3O2S. The van der Waals surface area contributed by atoms with Gasteiger partial charge in [-0.2, -0.15) is 0 Å². The summed E-state index contributed by atoms with van der Waals surface area (Å²) in [7, 11) is 0. The van der Waals surface area contributed by atoms with E-state index in [1.165, 1.54) is 11.3 Å². The van der Waals surface area contributed by atoms with Crippen molar-refractivity contribution in [2.75, 3.05) is 18.1 Å². The van der Waals surface area contributed by atoms with Gasteiger partial charge in [0, 0.05) is 6.54 Å². The van der Waals surface area contributed by atoms with Gasteiger partial charge in [0.15, 0.2) is 0 Å². The third-order valence-corrected chi connectivity index (χ3v) is 3.13. The fourth-order valence-corrected chi connectivity index (χ4v) is 2.41. The van der Waals surface area contributed by atoms with Crippen LogP contribution in [-0.4, -0.2) is 35.4 Å². The largest absolute Gasteiger partial charge is 0.464 e. The van der Waals surface area contributed by atoms with Crippen LogP contribution < -0.4 is 4.90 Å². The molecule has 0 spiro atoms. The number of hydrogen-bond acceptors (Lipinski definition) is 6. The van der Waals surface area contributed by atoms with Gasteiger partial charge in [-0.1, -0.05) is 11.3 Å². The number of rotatable bonds is 3. The summed E-state index contributed by atoms with van der Waals surface area (Å²) in [6.07, 6.45) is 1.85. The van der Waals surface area contributed by atoms with Crippen molar-refractivity contribution in [2.24, 2.45) is 0 Å². The molecule has 0 aromatic carbocycles. The zero-order valence-electron chi connectivity index (χ0n) is 8.55. The van der Waals surface area contributed by atoms with Crippen molar-refractivity contribution in [2.45, 2.75) is 25.8 Å². The second kappa shape index (κ2) is 4.57. The molecule has 1 aliphatic rings. The van der Waals surface area contributed by atoms with Crippen LogP contribution in [-0.2, 0) is 9.53 Å². The molecule has 2 heterocycles. The van der Waals surface area contributed by atoms with Crippen molar-refractivity contribution in [1.29, 1.82) is 0 Å². The Hall–Kier alpha value is -1.17. The predicted octanol–water partition coefficient (Wildman–Crippen LogP) is 1.07. The maximum atomic E-state index is 11.6. The topological polar surface area (TPSA) is 55.3 Å². The minimum Gasteiger partial charge on any atom is -0.464 e. The van der Waals surface area contributed by atoms with E-state index in [1.54, 1.807) is 5.51 Å². The highest BCUT2D eigenvalue weighted by Crippen LogP contribution is 2.26. The average Bonchev–Trinajstić information content (AvgIpc) is 2.88. The Morgan fingerprint density at radius 2 is 2.67 bits per heavy atom. The average molecular weight is 227 g/mol. The fraction of sp³-hybridized carbons (Fsp3) is 0.667. The number of nitrogens with zero attached hydrogens (tertiary/aromatic N) is 3. The Morgan fingerprint density at radius 1 is 1.80 bits per heavy atom. The zero-order chi connectivity index (χ0) is 10.7. The molecule has 82 valence electrons. The smallest absolute Gasteiger partial charge is 0.328 e. The molecule has 0 aliphatic carbocycles. The van der Waals surface area contributed by atoms with Gasteiger partial charge >= 0.3 is 5.97 Å². The number of ether oxygens (including phenoxy) is 1. The van der Waals surface area contributed by atoms with Crippen LogP contribution >= 0.6 is 11.3 Å². The highest BCUT2D eigenvalue weighted by atomic mass is 32.1. The van der Waals surface area contributed by atoms with Gasteiger partial charge in [-0.3, -0.25) is 0 Å². The van der Waals surface area contributed by atoms with Crippen molar-refractivity contribution < 1.29 is 9.53 Å². The molecule has 1 fully saturated rings. The van der Waals surface area contributed by atoms with Gasteiger partial charge < -0.3 is 9.64 Å². The summed E-state index contributed by atoms with van der Waals surface area (Å²) in [6.45, 7) is 3.11. The first-order valence-electron chi connectivity index (χ1n) is 5.02. The molecule has 1 aromatic heterocycles. The van der Waals surface area contributed by atoms with E-state index in [4.69, 9.17) is 4.74 Å². The van der Waals surface area contributed by atoms with Crippen LogP contribution in [0.1, 0.15) is 19.8 Å². The van der Waals surface area contributed by atoms with Gasteiger partial charge in [0.2, 0.25) is 5.13 Å². The van der Waals surface area contributed by atoms with Gasteiger partial charge in [0.05, 0.1) is 6.61 Å². The molecule has 1 atom stereocenters. The number of aromatic nitrogens is 2. The normalized spacial score (nSPS) is 20.6. The minimum atomic E-state index is -0.169. The van der Waals surface area contributed by atoms with Gasteiger partial charge in [-0.15, -0.1) is 10.2 Å². The van der Waals surface area contributed by atoms with E-state index < -0.39 is 0 Å². The Balaban J connectivity index is 2.08. The first-order chi connectivity index (χ1) is 7.33. The van der Waals surface area contributed by atoms with Crippen LogP contribution in [0.2, 0.25) is 0 Å². The monoisotopic (exact) mass is 227 g/mol. The van der Waals surface area contributed by atoms with Gasteiger partial charge in [-0.25, -0.2) is 4.79 Å². The fourth-order valence-electron chi connectivity index (χ4n) is 1.77. The lowest BCUT2D eigenvalue weighted by molar-refractivity contribution is -0.144. The molecule has 2 rings (SSSR count). The van der Waals surface area contributed by atoms with E-state index >= 15 is 0 Å². The predicted molar refractivity (Wildman–Crippen MR) is 56.9 cm³/mol. The van der Waals surface area contributed by atoms with E-state index in [0.717, 1.165) is 24.5 Å². The third-order valence-electron chi connectivity index (χ3n) is 2.41. The van der Waals surface area contributed by atoms with Crippen LogP contribution in [0.4, 0.5) is 5.13 Å². The maximum Gasteiger partial charge on any atom is 0.328 e. The van der Waals surface area contributed by atoms with Crippen LogP contribution in [0.25, 0.3) is 0 Å². The van der Waals surface area contributed by atoms with Crippen LogP contribution in [0.15, 0.2) is 5.51 Å². The quantitative estimate of drug-likeness (QED) is 0.723. The summed E-state index contributed by atoms with van der Waals surface area (Å²) in [4.78, 5) is 13.6. The molecule has 0 amide bonds. The van der Waals surface area contributed by atoms with E-state index in [9.17, 15) is 4.79 Å². The lowest BCUT2D eigenvalue weighted by atomic mass is 10.2. The summed E-state index contributed by atoms with van der Waals surface area (Å²) in [5.41, 5.74) is 1.68. The van der Waals surface area contributed by atoms with Crippen molar-refractivity contribution in [1.82, 2.24) is 10.2 Å². The van der Waals surface area contributed by atoms with Crippen molar-refractivity contribution >= 4 is 22.4 Å². The van der Waals surface area contributed by atoms with Gasteiger partial charge in [0.25, 0.3) is 0 Å². The SMILES string of the molecule is CCOC(=O)C1CCCN1c1nncs1. The highest BCUT2D eigenvalue weighted by Gasteiger charge is 2.33. The molecule has 15 heavy (non-hydrogen) atoms. The van der Waals surface area contributed by atoms with E-state index in [-0.39, 0.29) is 12.0 Å². The molecule has 0 radical (unpaired) electrons. The molecule has 0 bridgehead atoms. The molecule has 1 aliphatic heterocycles. The van der Waals surface area contributed by atoms with Crippen molar-refractivity contribution in [3.05, 3.63) is 5.51 Å². The lowest BCUT2D eigenvalue weighted by Gasteiger charge is -2.21. The molecule has 0 saturated carbocycles.